The first-order valence-corrected chi connectivity index (χ1v) is 5.14. The molecule has 1 N–H and O–H groups in total. The summed E-state index contributed by atoms with van der Waals surface area (Å²) in [4.78, 5) is 4.03. The SMILES string of the molecule is Oc1cccc2cccnc12.[CH3][Al]. The maximum Gasteiger partial charge on any atom is 0.141 e. The van der Waals surface area contributed by atoms with Gasteiger partial charge in [0.15, 0.2) is 0 Å². The molecule has 0 saturated heterocycles. The predicted octanol–water partition coefficient (Wildman–Crippen LogP) is 2.14. The van der Waals surface area contributed by atoms with Gasteiger partial charge in [-0.25, -0.2) is 0 Å². The van der Waals surface area contributed by atoms with Gasteiger partial charge < -0.3 is 5.11 Å². The summed E-state index contributed by atoms with van der Waals surface area (Å²) < 4.78 is 0. The second-order valence-corrected chi connectivity index (χ2v) is 2.35. The van der Waals surface area contributed by atoms with E-state index in [1.807, 2.05) is 24.0 Å². The molecular weight excluding hydrogens is 177 g/mol. The molecule has 0 atom stereocenters. The summed E-state index contributed by atoms with van der Waals surface area (Å²) >= 11 is 2.42. The van der Waals surface area contributed by atoms with Gasteiger partial charge in [0, 0.05) is 11.6 Å². The standard InChI is InChI=1S/C9H7NO.CH3.Al/c11-8-5-1-3-7-4-2-6-10-9(7)8;;/h1-6,11H;1H3;. The molecule has 2 rings (SSSR count). The Kier molecular flexibility index (Phi) is 3.76. The lowest BCUT2D eigenvalue weighted by Gasteiger charge is -1.96. The maximum atomic E-state index is 9.31. The van der Waals surface area contributed by atoms with Crippen LogP contribution in [0.2, 0.25) is 5.79 Å². The van der Waals surface area contributed by atoms with Crippen molar-refractivity contribution in [1.29, 1.82) is 0 Å². The van der Waals surface area contributed by atoms with Gasteiger partial charge >= 0.3 is 0 Å². The van der Waals surface area contributed by atoms with Crippen LogP contribution in [0.5, 0.6) is 5.75 Å². The highest BCUT2D eigenvalue weighted by atomic mass is 27.0. The van der Waals surface area contributed by atoms with Gasteiger partial charge in [-0.15, -0.1) is 5.79 Å². The van der Waals surface area contributed by atoms with Crippen LogP contribution in [0.4, 0.5) is 0 Å². The van der Waals surface area contributed by atoms with Crippen LogP contribution >= 0.6 is 0 Å². The zero-order chi connectivity index (χ0) is 9.68. The Hall–Kier alpha value is -1.04. The number of aromatic hydroxyl groups is 1. The van der Waals surface area contributed by atoms with Crippen LogP contribution in [0.3, 0.4) is 0 Å². The quantitative estimate of drug-likeness (QED) is 0.641. The minimum Gasteiger partial charge on any atom is -0.506 e. The molecule has 3 heteroatoms. The molecule has 64 valence electrons. The van der Waals surface area contributed by atoms with Crippen LogP contribution in [0.15, 0.2) is 36.5 Å². The number of phenolic OH excluding ortho intramolecular Hbond substituents is 1. The summed E-state index contributed by atoms with van der Waals surface area (Å²) in [6.45, 7) is 0. The average molecular weight is 187 g/mol. The molecule has 1 aromatic carbocycles. The number of phenols is 1. The van der Waals surface area contributed by atoms with E-state index in [0.29, 0.717) is 5.52 Å². The molecule has 0 amide bonds. The molecular formula is C10H10AlNO. The van der Waals surface area contributed by atoms with Crippen molar-refractivity contribution in [2.45, 2.75) is 5.79 Å². The fourth-order valence-corrected chi connectivity index (χ4v) is 1.09. The van der Waals surface area contributed by atoms with Crippen molar-refractivity contribution in [2.75, 3.05) is 0 Å². The number of nitrogens with zero attached hydrogens (tertiary/aromatic N) is 1. The first-order chi connectivity index (χ1) is 6.38. The van der Waals surface area contributed by atoms with Gasteiger partial charge in [0.25, 0.3) is 0 Å². The number of para-hydroxylation sites is 1. The Morgan fingerprint density at radius 1 is 1.15 bits per heavy atom. The summed E-state index contributed by atoms with van der Waals surface area (Å²) in [5.74, 6) is 2.16. The van der Waals surface area contributed by atoms with Crippen molar-refractivity contribution in [1.82, 2.24) is 4.98 Å². The normalized spacial score (nSPS) is 9.00. The van der Waals surface area contributed by atoms with E-state index in [-0.39, 0.29) is 5.75 Å². The summed E-state index contributed by atoms with van der Waals surface area (Å²) in [6.07, 6.45) is 1.67. The van der Waals surface area contributed by atoms with E-state index >= 15 is 0 Å². The monoisotopic (exact) mass is 187 g/mol. The predicted molar refractivity (Wildman–Crippen MR) is 55.0 cm³/mol. The minimum atomic E-state index is 0.239. The van der Waals surface area contributed by atoms with Crippen molar-refractivity contribution in [3.63, 3.8) is 0 Å². The fraction of sp³-hybridized carbons (Fsp3) is 0.100. The maximum absolute atomic E-state index is 9.31. The van der Waals surface area contributed by atoms with E-state index in [1.165, 1.54) is 0 Å². The van der Waals surface area contributed by atoms with Crippen LogP contribution in [-0.2, 0) is 0 Å². The fourth-order valence-electron chi connectivity index (χ4n) is 1.09. The largest absolute Gasteiger partial charge is 0.506 e. The summed E-state index contributed by atoms with van der Waals surface area (Å²) in [5.41, 5.74) is 0.662. The number of aromatic nitrogens is 1. The van der Waals surface area contributed by atoms with E-state index in [2.05, 4.69) is 21.3 Å². The number of benzene rings is 1. The lowest BCUT2D eigenvalue weighted by molar-refractivity contribution is 0.480. The van der Waals surface area contributed by atoms with E-state index < -0.39 is 0 Å². The zero-order valence-electron chi connectivity index (χ0n) is 7.44. The lowest BCUT2D eigenvalue weighted by atomic mass is 10.2. The van der Waals surface area contributed by atoms with Gasteiger partial charge in [-0.2, -0.15) is 0 Å². The molecule has 2 aromatic rings. The van der Waals surface area contributed by atoms with Crippen LogP contribution in [0.1, 0.15) is 0 Å². The molecule has 0 aliphatic heterocycles. The van der Waals surface area contributed by atoms with Crippen LogP contribution in [-0.4, -0.2) is 26.4 Å². The molecule has 2 radical (unpaired) electrons. The molecule has 0 bridgehead atoms. The molecule has 0 fully saturated rings. The molecule has 13 heavy (non-hydrogen) atoms. The molecule has 1 aromatic heterocycles. The Morgan fingerprint density at radius 2 is 1.85 bits per heavy atom. The van der Waals surface area contributed by atoms with E-state index in [4.69, 9.17) is 0 Å². The lowest BCUT2D eigenvalue weighted by Crippen LogP contribution is -1.76. The Bertz CT molecular complexity index is 384. The Balaban J connectivity index is 0.000000396. The first-order valence-electron chi connectivity index (χ1n) is 3.98. The number of pyridine rings is 1. The van der Waals surface area contributed by atoms with Crippen LogP contribution in [0, 0.1) is 0 Å². The Labute approximate surface area is 85.7 Å². The summed E-state index contributed by atoms with van der Waals surface area (Å²) in [6, 6.07) is 9.13. The second-order valence-electron chi connectivity index (χ2n) is 2.35. The molecule has 0 aliphatic rings. The van der Waals surface area contributed by atoms with Crippen molar-refractivity contribution in [3.05, 3.63) is 36.5 Å². The van der Waals surface area contributed by atoms with Gasteiger partial charge in [0.2, 0.25) is 0 Å². The van der Waals surface area contributed by atoms with Gasteiger partial charge in [-0.05, 0) is 12.1 Å². The summed E-state index contributed by atoms with van der Waals surface area (Å²) in [5, 5.41) is 10.3. The third-order valence-corrected chi connectivity index (χ3v) is 1.61. The molecule has 0 spiro atoms. The van der Waals surface area contributed by atoms with Crippen molar-refractivity contribution < 1.29 is 5.11 Å². The topological polar surface area (TPSA) is 33.1 Å². The highest BCUT2D eigenvalue weighted by Gasteiger charge is 1.96. The van der Waals surface area contributed by atoms with Gasteiger partial charge in [0.1, 0.15) is 27.6 Å². The van der Waals surface area contributed by atoms with Gasteiger partial charge in [-0.1, -0.05) is 18.2 Å². The van der Waals surface area contributed by atoms with Gasteiger partial charge in [0.05, 0.1) is 0 Å². The third-order valence-electron chi connectivity index (χ3n) is 1.61. The second kappa shape index (κ2) is 4.86. The molecule has 0 aliphatic carbocycles. The highest BCUT2D eigenvalue weighted by molar-refractivity contribution is 6.05. The number of rotatable bonds is 0. The molecule has 1 heterocycles. The number of fused-ring (bicyclic) bond motifs is 1. The van der Waals surface area contributed by atoms with Crippen molar-refractivity contribution in [3.8, 4) is 5.75 Å². The first kappa shape index (κ1) is 10.0. The Morgan fingerprint density at radius 3 is 2.54 bits per heavy atom. The van der Waals surface area contributed by atoms with Crippen LogP contribution in [0.25, 0.3) is 10.9 Å². The van der Waals surface area contributed by atoms with E-state index in [1.54, 1.807) is 18.3 Å². The highest BCUT2D eigenvalue weighted by Crippen LogP contribution is 2.20. The summed E-state index contributed by atoms with van der Waals surface area (Å²) in [7, 11) is 0. The van der Waals surface area contributed by atoms with Crippen molar-refractivity contribution >= 4 is 27.2 Å². The minimum absolute atomic E-state index is 0.239. The van der Waals surface area contributed by atoms with Crippen molar-refractivity contribution in [2.24, 2.45) is 0 Å². The van der Waals surface area contributed by atoms with Gasteiger partial charge in [-0.3, -0.25) is 4.98 Å². The smallest absolute Gasteiger partial charge is 0.141 e. The number of hydrogen-bond donors (Lipinski definition) is 1. The third kappa shape index (κ3) is 2.21. The zero-order valence-corrected chi connectivity index (χ0v) is 8.59. The molecule has 0 saturated carbocycles. The van der Waals surface area contributed by atoms with E-state index in [9.17, 15) is 5.11 Å². The number of hydrogen-bond acceptors (Lipinski definition) is 2. The average Bonchev–Trinajstić information content (AvgIpc) is 2.22. The van der Waals surface area contributed by atoms with E-state index in [0.717, 1.165) is 5.39 Å². The van der Waals surface area contributed by atoms with Crippen LogP contribution < -0.4 is 0 Å². The molecule has 2 nitrogen and oxygen atoms in total. The molecule has 0 unspecified atom stereocenters.